The maximum absolute atomic E-state index is 12.8. The van der Waals surface area contributed by atoms with E-state index < -0.39 is 55.8 Å². The van der Waals surface area contributed by atoms with E-state index in [9.17, 15) is 36.0 Å². The van der Waals surface area contributed by atoms with Crippen molar-refractivity contribution >= 4 is 27.9 Å². The number of carboxylic acids is 1. The van der Waals surface area contributed by atoms with Crippen LogP contribution in [-0.4, -0.2) is 36.4 Å². The van der Waals surface area contributed by atoms with E-state index >= 15 is 0 Å². The first kappa shape index (κ1) is 24.4. The fourth-order valence-electron chi connectivity index (χ4n) is 2.66. The second-order valence-electron chi connectivity index (χ2n) is 6.58. The summed E-state index contributed by atoms with van der Waals surface area (Å²) in [5, 5.41) is 8.99. The van der Waals surface area contributed by atoms with Gasteiger partial charge in [0.1, 0.15) is 16.3 Å². The molecule has 1 amide bonds. The first-order valence-electron chi connectivity index (χ1n) is 9.13. The lowest BCUT2D eigenvalue weighted by molar-refractivity contribution is -0.137. The summed E-state index contributed by atoms with van der Waals surface area (Å²) >= 11 is 0. The van der Waals surface area contributed by atoms with E-state index in [1.807, 2.05) is 0 Å². The van der Waals surface area contributed by atoms with Crippen LogP contribution in [0.5, 0.6) is 5.75 Å². The molecule has 1 aromatic heterocycles. The minimum Gasteiger partial charge on any atom is -0.478 e. The summed E-state index contributed by atoms with van der Waals surface area (Å²) in [5.41, 5.74) is -2.29. The van der Waals surface area contributed by atoms with Crippen LogP contribution in [0.15, 0.2) is 71.8 Å². The molecule has 0 radical (unpaired) electrons. The van der Waals surface area contributed by atoms with Crippen LogP contribution in [0.25, 0.3) is 0 Å². The van der Waals surface area contributed by atoms with Crippen LogP contribution < -0.4 is 9.46 Å². The summed E-state index contributed by atoms with van der Waals surface area (Å²) in [4.78, 5) is 38.9. The molecule has 0 aliphatic rings. The third-order valence-corrected chi connectivity index (χ3v) is 5.64. The third kappa shape index (κ3) is 5.56. The Morgan fingerprint density at radius 2 is 1.62 bits per heavy atom. The average molecular weight is 494 g/mol. The van der Waals surface area contributed by atoms with E-state index in [-0.39, 0.29) is 11.3 Å². The van der Waals surface area contributed by atoms with E-state index in [2.05, 4.69) is 4.98 Å². The number of benzene rings is 2. The second kappa shape index (κ2) is 9.31. The van der Waals surface area contributed by atoms with Gasteiger partial charge in [-0.05, 0) is 48.5 Å². The van der Waals surface area contributed by atoms with Gasteiger partial charge < -0.3 is 9.84 Å². The molecule has 1 heterocycles. The zero-order valence-corrected chi connectivity index (χ0v) is 17.6. The van der Waals surface area contributed by atoms with Crippen molar-refractivity contribution in [3.8, 4) is 5.75 Å². The minimum atomic E-state index is -4.67. The van der Waals surface area contributed by atoms with Gasteiger partial charge in [-0.2, -0.15) is 13.2 Å². The highest BCUT2D eigenvalue weighted by Crippen LogP contribution is 2.30. The van der Waals surface area contributed by atoms with Crippen molar-refractivity contribution in [3.63, 3.8) is 0 Å². The Morgan fingerprint density at radius 3 is 2.24 bits per heavy atom. The second-order valence-corrected chi connectivity index (χ2v) is 8.23. The molecule has 0 fully saturated rings. The molecular weight excluding hydrogens is 481 g/mol. The third-order valence-electron chi connectivity index (χ3n) is 4.26. The standard InChI is InChI=1S/C21H13F3N2O7S/c22-21(23,24)13-5-7-14(8-6-13)33-20(30)15-3-1-2-4-17(15)34(31,32)26-18(27)16-11-12(19(28)29)9-10-25-16/h1-11H,(H,26,27)(H,28,29). The van der Waals surface area contributed by atoms with Gasteiger partial charge in [-0.3, -0.25) is 9.78 Å². The number of halogens is 3. The molecule has 34 heavy (non-hydrogen) atoms. The number of nitrogens with zero attached hydrogens (tertiary/aromatic N) is 1. The monoisotopic (exact) mass is 494 g/mol. The first-order valence-corrected chi connectivity index (χ1v) is 10.6. The van der Waals surface area contributed by atoms with Crippen LogP contribution in [-0.2, 0) is 16.2 Å². The lowest BCUT2D eigenvalue weighted by atomic mass is 10.2. The smallest absolute Gasteiger partial charge is 0.416 e. The van der Waals surface area contributed by atoms with E-state index in [0.717, 1.165) is 42.6 Å². The zero-order chi connectivity index (χ0) is 25.1. The van der Waals surface area contributed by atoms with Crippen LogP contribution in [0.2, 0.25) is 0 Å². The van der Waals surface area contributed by atoms with E-state index in [4.69, 9.17) is 9.84 Å². The van der Waals surface area contributed by atoms with Gasteiger partial charge in [0.15, 0.2) is 0 Å². The van der Waals surface area contributed by atoms with Gasteiger partial charge in [0.05, 0.1) is 16.7 Å². The number of hydrogen-bond donors (Lipinski definition) is 2. The Kier molecular flexibility index (Phi) is 6.68. The Bertz CT molecular complexity index is 1370. The van der Waals surface area contributed by atoms with Gasteiger partial charge in [0, 0.05) is 6.20 Å². The molecule has 2 N–H and O–H groups in total. The highest BCUT2D eigenvalue weighted by Gasteiger charge is 2.30. The Balaban J connectivity index is 1.84. The average Bonchev–Trinajstić information content (AvgIpc) is 2.78. The molecule has 0 bridgehead atoms. The summed E-state index contributed by atoms with van der Waals surface area (Å²) in [6.07, 6.45) is -3.60. The molecule has 0 spiro atoms. The summed E-state index contributed by atoms with van der Waals surface area (Å²) in [6.45, 7) is 0. The van der Waals surface area contributed by atoms with E-state index in [1.54, 1.807) is 4.72 Å². The minimum absolute atomic E-state index is 0.274. The van der Waals surface area contributed by atoms with Crippen molar-refractivity contribution in [2.75, 3.05) is 0 Å². The number of carbonyl (C=O) groups is 3. The summed E-state index contributed by atoms with van der Waals surface area (Å²) in [6, 6.07) is 9.75. The van der Waals surface area contributed by atoms with Crippen molar-refractivity contribution in [3.05, 3.63) is 89.2 Å². The summed E-state index contributed by atoms with van der Waals surface area (Å²) in [5.74, 6) is -4.10. The number of nitrogens with one attached hydrogen (secondary N) is 1. The van der Waals surface area contributed by atoms with Gasteiger partial charge >= 0.3 is 18.1 Å². The maximum Gasteiger partial charge on any atom is 0.416 e. The van der Waals surface area contributed by atoms with Gasteiger partial charge in [0.2, 0.25) is 0 Å². The number of alkyl halides is 3. The van der Waals surface area contributed by atoms with Gasteiger partial charge in [0.25, 0.3) is 15.9 Å². The fourth-order valence-corrected chi connectivity index (χ4v) is 3.82. The molecule has 13 heteroatoms. The van der Waals surface area contributed by atoms with E-state index in [0.29, 0.717) is 12.1 Å². The van der Waals surface area contributed by atoms with Crippen LogP contribution in [0, 0.1) is 0 Å². The lowest BCUT2D eigenvalue weighted by Crippen LogP contribution is -2.32. The lowest BCUT2D eigenvalue weighted by Gasteiger charge is -2.12. The van der Waals surface area contributed by atoms with Crippen molar-refractivity contribution in [2.24, 2.45) is 0 Å². The largest absolute Gasteiger partial charge is 0.478 e. The number of carbonyl (C=O) groups excluding carboxylic acids is 2. The Morgan fingerprint density at radius 1 is 0.971 bits per heavy atom. The number of rotatable bonds is 6. The molecule has 3 aromatic rings. The fraction of sp³-hybridized carbons (Fsp3) is 0.0476. The molecule has 2 aromatic carbocycles. The molecule has 0 saturated carbocycles. The zero-order valence-electron chi connectivity index (χ0n) is 16.7. The predicted molar refractivity (Wildman–Crippen MR) is 109 cm³/mol. The molecule has 0 saturated heterocycles. The number of esters is 1. The van der Waals surface area contributed by atoms with Gasteiger partial charge in [-0.1, -0.05) is 12.1 Å². The molecule has 3 rings (SSSR count). The molecule has 0 aliphatic carbocycles. The number of aromatic carboxylic acids is 1. The van der Waals surface area contributed by atoms with Crippen LogP contribution in [0.3, 0.4) is 0 Å². The SMILES string of the molecule is O=C(O)c1ccnc(C(=O)NS(=O)(=O)c2ccccc2C(=O)Oc2ccc(C(F)(F)F)cc2)c1. The first-order chi connectivity index (χ1) is 15.9. The van der Waals surface area contributed by atoms with Crippen molar-refractivity contribution in [2.45, 2.75) is 11.1 Å². The number of carboxylic acid groups (broad SMARTS) is 1. The maximum atomic E-state index is 12.8. The number of sulfonamides is 1. The summed E-state index contributed by atoms with van der Waals surface area (Å²) in [7, 11) is -4.67. The number of amides is 1. The Labute approximate surface area is 189 Å². The van der Waals surface area contributed by atoms with Gasteiger partial charge in [-0.25, -0.2) is 22.7 Å². The molecule has 176 valence electrons. The Hall–Kier alpha value is -4.26. The summed E-state index contributed by atoms with van der Waals surface area (Å²) < 4.78 is 70.2. The normalized spacial score (nSPS) is 11.5. The van der Waals surface area contributed by atoms with Crippen LogP contribution in [0.1, 0.15) is 36.8 Å². The molecule has 9 nitrogen and oxygen atoms in total. The molecule has 0 aliphatic heterocycles. The van der Waals surface area contributed by atoms with Crippen molar-refractivity contribution < 1.29 is 45.8 Å². The predicted octanol–water partition coefficient (Wildman–Crippen LogP) is 3.14. The highest BCUT2D eigenvalue weighted by molar-refractivity contribution is 7.90. The molecular formula is C21H13F3N2O7S. The number of pyridine rings is 1. The molecule has 0 atom stereocenters. The van der Waals surface area contributed by atoms with Gasteiger partial charge in [-0.15, -0.1) is 0 Å². The van der Waals surface area contributed by atoms with E-state index in [1.165, 1.54) is 12.1 Å². The van der Waals surface area contributed by atoms with Crippen LogP contribution in [0.4, 0.5) is 13.2 Å². The molecule has 0 unspecified atom stereocenters. The van der Waals surface area contributed by atoms with Crippen molar-refractivity contribution in [1.29, 1.82) is 0 Å². The number of ether oxygens (including phenoxy) is 1. The number of hydrogen-bond acceptors (Lipinski definition) is 7. The number of aromatic nitrogens is 1. The quantitative estimate of drug-likeness (QED) is 0.394. The van der Waals surface area contributed by atoms with Crippen LogP contribution >= 0.6 is 0 Å². The van der Waals surface area contributed by atoms with Crippen molar-refractivity contribution in [1.82, 2.24) is 9.71 Å². The topological polar surface area (TPSA) is 140 Å². The highest BCUT2D eigenvalue weighted by atomic mass is 32.2.